The molecule has 1 aliphatic rings. The zero-order chi connectivity index (χ0) is 50.2. The Morgan fingerprint density at radius 2 is 1.53 bits per heavy atom. The first kappa shape index (κ1) is 55.7. The number of fused-ring (bicyclic) bond motifs is 1. The standard InChI is InChI=1S/C54H80N4O10/c1-12-36(6)51(57(9)53(64)42(34(2)3)30-46(60)50(35(4)5)56(8)26-19-25-49(62)63)47(66-10)31-48(61)58-27-18-24-44(58)52(67-11)37(7)45(59)29-39(54(65)68-33-38-20-14-13-15-21-38)28-40-32-55-43-23-17-16-22-41(40)43/h13-17,20-23,32,34-37,39,42,44,47,50-52,55H,12,18-19,24-31,33H2,1-11H3,(H,62,63)/t36-,37-,39+,42-,44-,47+,50-,51-,52+/m0/s1. The van der Waals surface area contributed by atoms with Crippen LogP contribution in [0, 0.1) is 35.5 Å². The van der Waals surface area contributed by atoms with Crippen molar-refractivity contribution in [3.05, 3.63) is 71.9 Å². The van der Waals surface area contributed by atoms with Crippen molar-refractivity contribution in [3.8, 4) is 0 Å². The lowest BCUT2D eigenvalue weighted by Crippen LogP contribution is -2.54. The predicted octanol–water partition coefficient (Wildman–Crippen LogP) is 8.00. The van der Waals surface area contributed by atoms with Crippen molar-refractivity contribution in [2.45, 2.75) is 143 Å². The van der Waals surface area contributed by atoms with Gasteiger partial charge >= 0.3 is 11.9 Å². The fraction of sp³-hybridized carbons (Fsp3) is 0.630. The van der Waals surface area contributed by atoms with Crippen molar-refractivity contribution in [3.63, 3.8) is 0 Å². The SMILES string of the molecule is CC[C@H](C)[C@@H]([C@@H](CC(=O)N1CCC[C@H]1[C@H](OC)[C@@H](C)C(=O)C[C@@H](Cc1c[nH]c2ccccc12)C(=O)OCc1ccccc1)OC)N(C)C(=O)[C@@H](CC(=O)[C@H](C(C)C)N(C)CCCC(=O)O)C(C)C. The highest BCUT2D eigenvalue weighted by Crippen LogP contribution is 2.33. The molecule has 0 saturated carbocycles. The Kier molecular flexibility index (Phi) is 21.9. The first-order valence-corrected chi connectivity index (χ1v) is 24.7. The van der Waals surface area contributed by atoms with Crippen molar-refractivity contribution >= 4 is 46.2 Å². The smallest absolute Gasteiger partial charge is 0.310 e. The number of nitrogens with one attached hydrogen (secondary N) is 1. The average Bonchev–Trinajstić information content (AvgIpc) is 3.97. The number of aliphatic carboxylic acids is 1. The Labute approximate surface area is 404 Å². The van der Waals surface area contributed by atoms with Gasteiger partial charge in [-0.3, -0.25) is 33.7 Å². The molecule has 3 aromatic rings. The molecule has 68 heavy (non-hydrogen) atoms. The molecule has 0 radical (unpaired) electrons. The molecule has 14 heteroatoms. The maximum absolute atomic E-state index is 14.6. The van der Waals surface area contributed by atoms with Gasteiger partial charge in [0.2, 0.25) is 11.8 Å². The molecule has 2 aromatic carbocycles. The molecule has 2 N–H and O–H groups in total. The van der Waals surface area contributed by atoms with Gasteiger partial charge in [0.25, 0.3) is 0 Å². The Bertz CT molecular complexity index is 2100. The third kappa shape index (κ3) is 14.8. The summed E-state index contributed by atoms with van der Waals surface area (Å²) in [6.07, 6.45) is 3.28. The van der Waals surface area contributed by atoms with Crippen LogP contribution in [0.5, 0.6) is 0 Å². The van der Waals surface area contributed by atoms with Gasteiger partial charge in [-0.1, -0.05) is 103 Å². The lowest BCUT2D eigenvalue weighted by Gasteiger charge is -2.41. The Hall–Kier alpha value is -4.92. The lowest BCUT2D eigenvalue weighted by atomic mass is 9.83. The molecular weight excluding hydrogens is 865 g/mol. The quantitative estimate of drug-likeness (QED) is 0.0645. The fourth-order valence-electron chi connectivity index (χ4n) is 10.4. The van der Waals surface area contributed by atoms with Crippen LogP contribution in [-0.4, -0.2) is 132 Å². The van der Waals surface area contributed by atoms with E-state index in [0.717, 1.165) is 22.0 Å². The van der Waals surface area contributed by atoms with Gasteiger partial charge in [0, 0.05) is 76.0 Å². The summed E-state index contributed by atoms with van der Waals surface area (Å²) in [5.41, 5.74) is 2.70. The largest absolute Gasteiger partial charge is 0.481 e. The maximum Gasteiger partial charge on any atom is 0.310 e. The van der Waals surface area contributed by atoms with Gasteiger partial charge < -0.3 is 34.1 Å². The molecule has 14 nitrogen and oxygen atoms in total. The van der Waals surface area contributed by atoms with Crippen LogP contribution in [0.4, 0.5) is 0 Å². The molecule has 0 unspecified atom stereocenters. The summed E-state index contributed by atoms with van der Waals surface area (Å²) in [5, 5.41) is 10.1. The first-order chi connectivity index (χ1) is 32.3. The number of carbonyl (C=O) groups excluding carboxylic acids is 5. The molecule has 1 saturated heterocycles. The molecule has 0 spiro atoms. The van der Waals surface area contributed by atoms with E-state index in [9.17, 15) is 28.8 Å². The minimum atomic E-state index is -0.883. The number of esters is 1. The zero-order valence-electron chi connectivity index (χ0n) is 42.6. The number of carboxylic acid groups (broad SMARTS) is 1. The van der Waals surface area contributed by atoms with Crippen LogP contribution in [0.1, 0.15) is 111 Å². The number of methoxy groups -OCH3 is 2. The van der Waals surface area contributed by atoms with Gasteiger partial charge in [-0.05, 0) is 74.2 Å². The maximum atomic E-state index is 14.6. The highest BCUT2D eigenvalue weighted by molar-refractivity contribution is 5.91. The molecule has 4 rings (SSSR count). The number of carbonyl (C=O) groups is 6. The van der Waals surface area contributed by atoms with E-state index in [1.54, 1.807) is 31.1 Å². The summed E-state index contributed by atoms with van der Waals surface area (Å²) in [7, 11) is 6.68. The van der Waals surface area contributed by atoms with Crippen molar-refractivity contribution in [1.82, 2.24) is 19.7 Å². The number of para-hydroxylation sites is 1. The van der Waals surface area contributed by atoms with Crippen molar-refractivity contribution in [2.24, 2.45) is 35.5 Å². The number of hydrogen-bond donors (Lipinski definition) is 2. The summed E-state index contributed by atoms with van der Waals surface area (Å²) < 4.78 is 18.0. The number of ether oxygens (including phenoxy) is 3. The molecule has 1 aliphatic heterocycles. The van der Waals surface area contributed by atoms with Crippen LogP contribution >= 0.6 is 0 Å². The van der Waals surface area contributed by atoms with Gasteiger partial charge in [0.1, 0.15) is 12.4 Å². The number of aromatic amines is 1. The van der Waals surface area contributed by atoms with Crippen LogP contribution in [0.3, 0.4) is 0 Å². The number of H-pyrrole nitrogens is 1. The lowest BCUT2D eigenvalue weighted by molar-refractivity contribution is -0.152. The summed E-state index contributed by atoms with van der Waals surface area (Å²) in [5.74, 6) is -4.25. The molecule has 0 aliphatic carbocycles. The second-order valence-electron chi connectivity index (χ2n) is 19.8. The van der Waals surface area contributed by atoms with Crippen LogP contribution in [0.15, 0.2) is 60.8 Å². The molecule has 1 aromatic heterocycles. The monoisotopic (exact) mass is 945 g/mol. The van der Waals surface area contributed by atoms with Crippen molar-refractivity contribution in [1.29, 1.82) is 0 Å². The van der Waals surface area contributed by atoms with Gasteiger partial charge in [-0.25, -0.2) is 0 Å². The first-order valence-electron chi connectivity index (χ1n) is 24.7. The van der Waals surface area contributed by atoms with Crippen molar-refractivity contribution in [2.75, 3.05) is 41.4 Å². The number of ketones is 2. The van der Waals surface area contributed by atoms with E-state index >= 15 is 0 Å². The van der Waals surface area contributed by atoms with E-state index in [1.807, 2.05) is 121 Å². The van der Waals surface area contributed by atoms with Crippen LogP contribution in [-0.2, 0) is 56.0 Å². The number of Topliss-reactive ketones (excluding diaryl/α,β-unsaturated/α-hetero) is 2. The molecule has 1 fully saturated rings. The minimum Gasteiger partial charge on any atom is -0.481 e. The van der Waals surface area contributed by atoms with Crippen LogP contribution < -0.4 is 0 Å². The van der Waals surface area contributed by atoms with Gasteiger partial charge in [0.05, 0.1) is 42.7 Å². The molecule has 0 bridgehead atoms. The predicted molar refractivity (Wildman–Crippen MR) is 264 cm³/mol. The molecule has 2 heterocycles. The van der Waals surface area contributed by atoms with E-state index in [-0.39, 0.29) is 73.4 Å². The second kappa shape index (κ2) is 26.7. The summed E-state index contributed by atoms with van der Waals surface area (Å²) in [6, 6.07) is 15.9. The summed E-state index contributed by atoms with van der Waals surface area (Å²) >= 11 is 0. The van der Waals surface area contributed by atoms with Gasteiger partial charge in [0.15, 0.2) is 5.78 Å². The zero-order valence-corrected chi connectivity index (χ0v) is 42.6. The molecule has 376 valence electrons. The average molecular weight is 945 g/mol. The summed E-state index contributed by atoms with van der Waals surface area (Å²) in [4.78, 5) is 91.2. The normalized spacial score (nSPS) is 17.7. The van der Waals surface area contributed by atoms with Crippen LogP contribution in [0.2, 0.25) is 0 Å². The highest BCUT2D eigenvalue weighted by atomic mass is 16.5. The number of benzene rings is 2. The number of carboxylic acids is 1. The Balaban J connectivity index is 1.50. The Morgan fingerprint density at radius 3 is 2.15 bits per heavy atom. The highest BCUT2D eigenvalue weighted by Gasteiger charge is 2.44. The molecule has 2 amide bonds. The van der Waals surface area contributed by atoms with Gasteiger partial charge in [-0.15, -0.1) is 0 Å². The minimum absolute atomic E-state index is 0.00912. The number of likely N-dealkylation sites (N-methyl/N-ethyl adjacent to an activating group) is 2. The van der Waals surface area contributed by atoms with Crippen LogP contribution in [0.25, 0.3) is 10.9 Å². The third-order valence-electron chi connectivity index (χ3n) is 14.4. The molecule has 9 atom stereocenters. The Morgan fingerprint density at radius 1 is 0.853 bits per heavy atom. The second-order valence-corrected chi connectivity index (χ2v) is 19.8. The van der Waals surface area contributed by atoms with E-state index in [1.165, 1.54) is 0 Å². The number of nitrogens with zero attached hydrogens (tertiary/aromatic N) is 3. The number of aromatic nitrogens is 1. The fourth-order valence-corrected chi connectivity index (χ4v) is 10.4. The van der Waals surface area contributed by atoms with E-state index in [2.05, 4.69) is 4.98 Å². The molecular formula is C54H80N4O10. The number of amides is 2. The number of hydrogen-bond acceptors (Lipinski definition) is 10. The summed E-state index contributed by atoms with van der Waals surface area (Å²) in [6.45, 7) is 14.7. The topological polar surface area (TPSA) is 176 Å². The van der Waals surface area contributed by atoms with E-state index < -0.39 is 60.0 Å². The van der Waals surface area contributed by atoms with E-state index in [0.29, 0.717) is 45.2 Å². The number of rotatable bonds is 29. The van der Waals surface area contributed by atoms with Crippen molar-refractivity contribution < 1.29 is 48.1 Å². The van der Waals surface area contributed by atoms with Gasteiger partial charge in [-0.2, -0.15) is 0 Å². The van der Waals surface area contributed by atoms with E-state index in [4.69, 9.17) is 19.3 Å². The third-order valence-corrected chi connectivity index (χ3v) is 14.4. The number of likely N-dealkylation sites (tertiary alicyclic amines) is 1.